The summed E-state index contributed by atoms with van der Waals surface area (Å²) in [5.74, 6) is 0.942. The summed E-state index contributed by atoms with van der Waals surface area (Å²) >= 11 is 0.242. The molecule has 3 aromatic heterocycles. The van der Waals surface area contributed by atoms with E-state index in [4.69, 9.17) is 15.5 Å². The molecule has 0 bridgehead atoms. The van der Waals surface area contributed by atoms with Crippen molar-refractivity contribution in [2.24, 2.45) is 0 Å². The molecular weight excluding hydrogens is 356 g/mol. The number of fused-ring (bicyclic) bond motifs is 1. The second kappa shape index (κ2) is 6.87. The van der Waals surface area contributed by atoms with E-state index in [1.165, 1.54) is 23.2 Å². The van der Waals surface area contributed by atoms with Crippen LogP contribution in [0.3, 0.4) is 0 Å². The first-order chi connectivity index (χ1) is 12.2. The Kier molecular flexibility index (Phi) is 4.60. The van der Waals surface area contributed by atoms with Crippen LogP contribution in [0, 0.1) is 0 Å². The van der Waals surface area contributed by atoms with Crippen LogP contribution >= 0.6 is 11.3 Å². The maximum Gasteiger partial charge on any atom is 0.232 e. The molecule has 2 N–H and O–H groups in total. The lowest BCUT2D eigenvalue weighted by molar-refractivity contribution is 0.217. The second-order valence-electron chi connectivity index (χ2n) is 6.02. The van der Waals surface area contributed by atoms with E-state index in [9.17, 15) is 4.55 Å². The molecule has 3 heterocycles. The first-order valence-electron chi connectivity index (χ1n) is 8.04. The summed E-state index contributed by atoms with van der Waals surface area (Å²) in [7, 11) is 1.60. The number of ether oxygens (including phenoxy) is 1. The molecule has 1 fully saturated rings. The number of nitrogens with zero attached hydrogens (tertiary/aromatic N) is 3. The van der Waals surface area contributed by atoms with Crippen molar-refractivity contribution < 1.29 is 9.29 Å². The monoisotopic (exact) mass is 374 g/mol. The van der Waals surface area contributed by atoms with Gasteiger partial charge in [0.05, 0.1) is 12.3 Å². The van der Waals surface area contributed by atoms with Crippen molar-refractivity contribution in [2.45, 2.75) is 23.0 Å². The van der Waals surface area contributed by atoms with Crippen molar-refractivity contribution in [1.29, 1.82) is 0 Å². The minimum absolute atomic E-state index is 0.436. The number of aromatic nitrogens is 3. The average Bonchev–Trinajstić information content (AvgIpc) is 3.43. The van der Waals surface area contributed by atoms with Gasteiger partial charge in [-0.25, -0.2) is 15.0 Å². The first-order valence-corrected chi connectivity index (χ1v) is 10.2. The lowest BCUT2D eigenvalue weighted by Gasteiger charge is -2.08. The number of hydrogen-bond acceptors (Lipinski definition) is 7. The van der Waals surface area contributed by atoms with Crippen LogP contribution in [-0.2, 0) is 15.9 Å². The number of anilines is 1. The van der Waals surface area contributed by atoms with Crippen LogP contribution in [0.15, 0.2) is 29.0 Å². The molecule has 4 rings (SSSR count). The van der Waals surface area contributed by atoms with E-state index in [-0.39, 0.29) is 0 Å². The Morgan fingerprint density at radius 2 is 2.12 bits per heavy atom. The van der Waals surface area contributed by atoms with Gasteiger partial charge < -0.3 is 15.0 Å². The Labute approximate surface area is 152 Å². The van der Waals surface area contributed by atoms with Gasteiger partial charge in [-0.2, -0.15) is 0 Å². The fraction of sp³-hybridized carbons (Fsp3) is 0.353. The highest BCUT2D eigenvalue weighted by atomic mass is 32.2. The van der Waals surface area contributed by atoms with Gasteiger partial charge in [0.2, 0.25) is 4.21 Å². The highest BCUT2D eigenvalue weighted by Crippen LogP contribution is 2.48. The van der Waals surface area contributed by atoms with E-state index in [2.05, 4.69) is 16.0 Å². The number of hydrogen-bond donors (Lipinski definition) is 1. The van der Waals surface area contributed by atoms with E-state index in [0.717, 1.165) is 34.3 Å². The summed E-state index contributed by atoms with van der Waals surface area (Å²) in [6.07, 6.45) is 7.32. The Morgan fingerprint density at radius 1 is 1.36 bits per heavy atom. The zero-order valence-corrected chi connectivity index (χ0v) is 15.4. The summed E-state index contributed by atoms with van der Waals surface area (Å²) in [6, 6.07) is 2.09. The lowest BCUT2D eigenvalue weighted by atomic mass is 10.0. The Hall–Kier alpha value is -1.74. The molecule has 0 aliphatic heterocycles. The minimum Gasteiger partial charge on any atom is -0.611 e. The fourth-order valence-electron chi connectivity index (χ4n) is 2.85. The molecule has 1 aliphatic rings. The van der Waals surface area contributed by atoms with Gasteiger partial charge in [-0.05, 0) is 30.4 Å². The smallest absolute Gasteiger partial charge is 0.232 e. The summed E-state index contributed by atoms with van der Waals surface area (Å²) in [5.41, 5.74) is 9.90. The van der Waals surface area contributed by atoms with Gasteiger partial charge in [-0.3, -0.25) is 0 Å². The third-order valence-corrected chi connectivity index (χ3v) is 7.12. The number of nitrogens with two attached hydrogens (primary N) is 1. The minimum atomic E-state index is -1.18. The van der Waals surface area contributed by atoms with E-state index < -0.39 is 11.2 Å². The fourth-order valence-corrected chi connectivity index (χ4v) is 5.42. The number of rotatable bonds is 6. The molecule has 1 aliphatic carbocycles. The van der Waals surface area contributed by atoms with Gasteiger partial charge in [0.1, 0.15) is 22.6 Å². The molecule has 0 amide bonds. The molecule has 0 saturated heterocycles. The molecule has 6 nitrogen and oxygen atoms in total. The third kappa shape index (κ3) is 3.22. The van der Waals surface area contributed by atoms with Crippen LogP contribution in [-0.4, -0.2) is 39.0 Å². The van der Waals surface area contributed by atoms with Gasteiger partial charge in [0.25, 0.3) is 0 Å². The molecule has 130 valence electrons. The maximum absolute atomic E-state index is 12.6. The quantitative estimate of drug-likeness (QED) is 0.666. The molecule has 1 atom stereocenters. The van der Waals surface area contributed by atoms with Crippen molar-refractivity contribution in [3.63, 3.8) is 0 Å². The Bertz CT molecular complexity index is 897. The third-order valence-electron chi connectivity index (χ3n) is 4.25. The Balaban J connectivity index is 1.84. The number of pyridine rings is 1. The molecule has 0 aromatic carbocycles. The van der Waals surface area contributed by atoms with E-state index in [0.29, 0.717) is 28.2 Å². The summed E-state index contributed by atoms with van der Waals surface area (Å²) < 4.78 is 18.3. The lowest BCUT2D eigenvalue weighted by Crippen LogP contribution is -2.11. The zero-order chi connectivity index (χ0) is 17.4. The van der Waals surface area contributed by atoms with Crippen LogP contribution in [0.5, 0.6) is 0 Å². The van der Waals surface area contributed by atoms with Gasteiger partial charge in [-0.15, -0.1) is 0 Å². The molecule has 0 radical (unpaired) electrons. The highest BCUT2D eigenvalue weighted by Gasteiger charge is 2.31. The summed E-state index contributed by atoms with van der Waals surface area (Å²) in [5, 5.41) is 0.967. The summed E-state index contributed by atoms with van der Waals surface area (Å²) in [6.45, 7) is 0.440. The number of methoxy groups -OCH3 is 1. The van der Waals surface area contributed by atoms with Crippen LogP contribution in [0.2, 0.25) is 0 Å². The molecule has 0 spiro atoms. The van der Waals surface area contributed by atoms with Crippen LogP contribution in [0.1, 0.15) is 24.3 Å². The van der Waals surface area contributed by atoms with Crippen LogP contribution < -0.4 is 5.73 Å². The molecule has 25 heavy (non-hydrogen) atoms. The van der Waals surface area contributed by atoms with Crippen molar-refractivity contribution >= 4 is 38.4 Å². The van der Waals surface area contributed by atoms with Crippen LogP contribution in [0.4, 0.5) is 5.69 Å². The van der Waals surface area contributed by atoms with E-state index >= 15 is 0 Å². The zero-order valence-electron chi connectivity index (χ0n) is 13.8. The number of thiophene rings is 1. The van der Waals surface area contributed by atoms with Crippen molar-refractivity contribution in [2.75, 3.05) is 25.2 Å². The SMILES string of the molecule is COCC[S+]([O-])c1sc2nc(-c3cncnc3)cc(C3CC3)c2c1N. The molecule has 1 saturated carbocycles. The molecule has 3 aromatic rings. The standard InChI is InChI=1S/C17H18N4O2S2/c1-23-4-5-25(22)17-15(18)14-12(10-2-3-10)6-13(21-16(14)24-17)11-7-19-9-20-8-11/h6-10H,2-5,18H2,1H3. The average molecular weight is 374 g/mol. The van der Waals surface area contributed by atoms with Gasteiger partial charge in [0, 0.05) is 41.6 Å². The maximum atomic E-state index is 12.6. The molecule has 1 unspecified atom stereocenters. The topological polar surface area (TPSA) is 97.0 Å². The normalized spacial score (nSPS) is 15.6. The second-order valence-corrected chi connectivity index (χ2v) is 8.79. The molecule has 8 heteroatoms. The number of nitrogen functional groups attached to an aromatic ring is 1. The van der Waals surface area contributed by atoms with Gasteiger partial charge >= 0.3 is 0 Å². The summed E-state index contributed by atoms with van der Waals surface area (Å²) in [4.78, 5) is 13.8. The van der Waals surface area contributed by atoms with Crippen molar-refractivity contribution in [3.8, 4) is 11.3 Å². The predicted octanol–water partition coefficient (Wildman–Crippen LogP) is 2.97. The largest absolute Gasteiger partial charge is 0.611 e. The highest BCUT2D eigenvalue weighted by molar-refractivity contribution is 7.93. The first kappa shape index (κ1) is 16.7. The molecular formula is C17H18N4O2S2. The van der Waals surface area contributed by atoms with Crippen molar-refractivity contribution in [3.05, 3.63) is 30.4 Å². The predicted molar refractivity (Wildman–Crippen MR) is 100 cm³/mol. The van der Waals surface area contributed by atoms with E-state index in [1.807, 2.05) is 0 Å². The van der Waals surface area contributed by atoms with Gasteiger partial charge in [-0.1, -0.05) is 11.3 Å². The van der Waals surface area contributed by atoms with Gasteiger partial charge in [0.15, 0.2) is 0 Å². The van der Waals surface area contributed by atoms with Crippen molar-refractivity contribution in [1.82, 2.24) is 15.0 Å². The van der Waals surface area contributed by atoms with Crippen LogP contribution in [0.25, 0.3) is 21.5 Å². The van der Waals surface area contributed by atoms with E-state index in [1.54, 1.807) is 19.5 Å². The Morgan fingerprint density at radius 3 is 2.80 bits per heavy atom.